The quantitative estimate of drug-likeness (QED) is 0.550. The standard InChI is InChI=1S/C23H25N3O4S/c1-15(2)30-20(27)14-19-22(29)24-12-13-26(19)23(31)25-21(28)18-10-8-17(9-11-18)16-6-4-3-5-7-16/h3-11,15,19H,12-14H2,1-2H3,(H,24,29)(H,25,28,31)/t19-/m0/s1. The van der Waals surface area contributed by atoms with Crippen LogP contribution in [0, 0.1) is 0 Å². The van der Waals surface area contributed by atoms with Crippen molar-refractivity contribution in [2.24, 2.45) is 0 Å². The van der Waals surface area contributed by atoms with Crippen molar-refractivity contribution in [2.75, 3.05) is 13.1 Å². The summed E-state index contributed by atoms with van der Waals surface area (Å²) in [6, 6.07) is 16.2. The summed E-state index contributed by atoms with van der Waals surface area (Å²) in [6.45, 7) is 4.24. The average molecular weight is 440 g/mol. The number of carbonyl (C=O) groups is 3. The van der Waals surface area contributed by atoms with Gasteiger partial charge in [-0.1, -0.05) is 42.5 Å². The summed E-state index contributed by atoms with van der Waals surface area (Å²) in [7, 11) is 0. The van der Waals surface area contributed by atoms with Crippen LogP contribution in [0.3, 0.4) is 0 Å². The topological polar surface area (TPSA) is 87.7 Å². The van der Waals surface area contributed by atoms with Gasteiger partial charge in [-0.25, -0.2) is 0 Å². The van der Waals surface area contributed by atoms with Crippen molar-refractivity contribution in [1.82, 2.24) is 15.5 Å². The molecule has 0 aliphatic carbocycles. The van der Waals surface area contributed by atoms with E-state index in [4.69, 9.17) is 17.0 Å². The molecule has 7 nitrogen and oxygen atoms in total. The van der Waals surface area contributed by atoms with Gasteiger partial charge in [0.15, 0.2) is 5.11 Å². The number of rotatable bonds is 5. The first-order valence-corrected chi connectivity index (χ1v) is 10.5. The van der Waals surface area contributed by atoms with Crippen molar-refractivity contribution in [3.63, 3.8) is 0 Å². The third-order valence-electron chi connectivity index (χ3n) is 4.79. The van der Waals surface area contributed by atoms with Gasteiger partial charge in [0, 0.05) is 18.7 Å². The molecule has 2 aromatic rings. The highest BCUT2D eigenvalue weighted by Crippen LogP contribution is 2.19. The first-order valence-electron chi connectivity index (χ1n) is 10.1. The van der Waals surface area contributed by atoms with Crippen molar-refractivity contribution >= 4 is 35.1 Å². The molecule has 0 aromatic heterocycles. The zero-order chi connectivity index (χ0) is 22.4. The maximum Gasteiger partial charge on any atom is 0.308 e. The fraction of sp³-hybridized carbons (Fsp3) is 0.304. The molecular formula is C23H25N3O4S. The van der Waals surface area contributed by atoms with Gasteiger partial charge in [-0.05, 0) is 49.3 Å². The fourth-order valence-corrected chi connectivity index (χ4v) is 3.63. The summed E-state index contributed by atoms with van der Waals surface area (Å²) < 4.78 is 5.15. The second-order valence-electron chi connectivity index (χ2n) is 7.45. The van der Waals surface area contributed by atoms with Gasteiger partial charge in [0.1, 0.15) is 6.04 Å². The Labute approximate surface area is 186 Å². The van der Waals surface area contributed by atoms with E-state index in [-0.39, 0.29) is 29.5 Å². The number of thiocarbonyl (C=S) groups is 1. The lowest BCUT2D eigenvalue weighted by Gasteiger charge is -2.36. The molecule has 0 spiro atoms. The summed E-state index contributed by atoms with van der Waals surface area (Å²) >= 11 is 5.39. The van der Waals surface area contributed by atoms with E-state index < -0.39 is 12.0 Å². The first-order chi connectivity index (χ1) is 14.8. The second-order valence-corrected chi connectivity index (χ2v) is 7.83. The summed E-state index contributed by atoms with van der Waals surface area (Å²) in [5, 5.41) is 5.50. The molecule has 0 bridgehead atoms. The SMILES string of the molecule is CC(C)OC(=O)C[C@H]1C(=O)NCCN1C(=S)NC(=O)c1ccc(-c2ccccc2)cc1. The number of carbonyl (C=O) groups excluding carboxylic acids is 3. The van der Waals surface area contributed by atoms with Crippen LogP contribution in [0.2, 0.25) is 0 Å². The maximum atomic E-state index is 12.7. The number of esters is 1. The Bertz CT molecular complexity index is 961. The number of ether oxygens (including phenoxy) is 1. The van der Waals surface area contributed by atoms with Crippen LogP contribution in [-0.4, -0.2) is 53.0 Å². The normalized spacial score (nSPS) is 15.9. The molecule has 1 atom stereocenters. The Morgan fingerprint density at radius 1 is 1.13 bits per heavy atom. The predicted octanol–water partition coefficient (Wildman–Crippen LogP) is 2.51. The van der Waals surface area contributed by atoms with E-state index in [0.29, 0.717) is 18.7 Å². The lowest BCUT2D eigenvalue weighted by atomic mass is 10.0. The molecule has 1 saturated heterocycles. The molecule has 1 aliphatic rings. The van der Waals surface area contributed by atoms with Gasteiger partial charge >= 0.3 is 5.97 Å². The maximum absolute atomic E-state index is 12.7. The van der Waals surface area contributed by atoms with Gasteiger partial charge in [-0.15, -0.1) is 0 Å². The minimum absolute atomic E-state index is 0.106. The van der Waals surface area contributed by atoms with E-state index >= 15 is 0 Å². The summed E-state index contributed by atoms with van der Waals surface area (Å²) in [5.74, 6) is -1.19. The number of benzene rings is 2. The molecular weight excluding hydrogens is 414 g/mol. The minimum Gasteiger partial charge on any atom is -0.463 e. The van der Waals surface area contributed by atoms with E-state index in [0.717, 1.165) is 11.1 Å². The largest absolute Gasteiger partial charge is 0.463 e. The number of hydrogen-bond donors (Lipinski definition) is 2. The van der Waals surface area contributed by atoms with Crippen LogP contribution in [0.15, 0.2) is 54.6 Å². The Hall–Kier alpha value is -3.26. The van der Waals surface area contributed by atoms with Crippen molar-refractivity contribution in [3.05, 3.63) is 60.2 Å². The lowest BCUT2D eigenvalue weighted by molar-refractivity contribution is -0.150. The highest BCUT2D eigenvalue weighted by Gasteiger charge is 2.34. The third-order valence-corrected chi connectivity index (χ3v) is 5.13. The third kappa shape index (κ3) is 5.88. The van der Waals surface area contributed by atoms with E-state index in [2.05, 4.69) is 10.6 Å². The van der Waals surface area contributed by atoms with E-state index in [1.54, 1.807) is 30.9 Å². The van der Waals surface area contributed by atoms with Crippen molar-refractivity contribution in [2.45, 2.75) is 32.4 Å². The predicted molar refractivity (Wildman–Crippen MR) is 121 cm³/mol. The highest BCUT2D eigenvalue weighted by atomic mass is 32.1. The van der Waals surface area contributed by atoms with Gasteiger partial charge in [0.2, 0.25) is 5.91 Å². The van der Waals surface area contributed by atoms with Crippen LogP contribution in [0.5, 0.6) is 0 Å². The molecule has 1 heterocycles. The van der Waals surface area contributed by atoms with E-state index in [9.17, 15) is 14.4 Å². The number of nitrogens with one attached hydrogen (secondary N) is 2. The monoisotopic (exact) mass is 439 g/mol. The molecule has 2 aromatic carbocycles. The van der Waals surface area contributed by atoms with Gasteiger partial charge < -0.3 is 15.0 Å². The van der Waals surface area contributed by atoms with Crippen LogP contribution < -0.4 is 10.6 Å². The minimum atomic E-state index is -0.826. The Kier molecular flexibility index (Phi) is 7.36. The number of hydrogen-bond acceptors (Lipinski definition) is 5. The molecule has 0 unspecified atom stereocenters. The number of amides is 2. The fourth-order valence-electron chi connectivity index (χ4n) is 3.32. The summed E-state index contributed by atoms with van der Waals surface area (Å²) in [6.07, 6.45) is -0.427. The average Bonchev–Trinajstić information content (AvgIpc) is 2.75. The van der Waals surface area contributed by atoms with Gasteiger partial charge in [-0.2, -0.15) is 0 Å². The van der Waals surface area contributed by atoms with Crippen molar-refractivity contribution in [1.29, 1.82) is 0 Å². The van der Waals surface area contributed by atoms with Crippen LogP contribution in [-0.2, 0) is 14.3 Å². The lowest BCUT2D eigenvalue weighted by Crippen LogP contribution is -2.60. The van der Waals surface area contributed by atoms with E-state index in [1.807, 2.05) is 42.5 Å². The number of piperazine rings is 1. The van der Waals surface area contributed by atoms with E-state index in [1.165, 1.54) is 0 Å². The molecule has 162 valence electrons. The molecule has 0 saturated carbocycles. The summed E-state index contributed by atoms with van der Waals surface area (Å²) in [5.41, 5.74) is 2.50. The molecule has 1 fully saturated rings. The molecule has 2 amide bonds. The smallest absolute Gasteiger partial charge is 0.308 e. The van der Waals surface area contributed by atoms with Crippen LogP contribution in [0.25, 0.3) is 11.1 Å². The molecule has 0 radical (unpaired) electrons. The Balaban J connectivity index is 1.66. The summed E-state index contributed by atoms with van der Waals surface area (Å²) in [4.78, 5) is 38.6. The zero-order valence-electron chi connectivity index (χ0n) is 17.5. The molecule has 2 N–H and O–H groups in total. The van der Waals surface area contributed by atoms with Gasteiger partial charge in [0.05, 0.1) is 12.5 Å². The van der Waals surface area contributed by atoms with Crippen LogP contribution in [0.4, 0.5) is 0 Å². The Morgan fingerprint density at radius 3 is 2.42 bits per heavy atom. The molecule has 8 heteroatoms. The second kappa shape index (κ2) is 10.2. The zero-order valence-corrected chi connectivity index (χ0v) is 18.3. The van der Waals surface area contributed by atoms with Gasteiger partial charge in [-0.3, -0.25) is 19.7 Å². The molecule has 3 rings (SSSR count). The van der Waals surface area contributed by atoms with Crippen LogP contribution >= 0.6 is 12.2 Å². The first kappa shape index (κ1) is 22.4. The van der Waals surface area contributed by atoms with Crippen LogP contribution in [0.1, 0.15) is 30.6 Å². The van der Waals surface area contributed by atoms with Gasteiger partial charge in [0.25, 0.3) is 5.91 Å². The Morgan fingerprint density at radius 2 is 1.77 bits per heavy atom. The molecule has 31 heavy (non-hydrogen) atoms. The van der Waals surface area contributed by atoms with Crippen molar-refractivity contribution < 1.29 is 19.1 Å². The number of nitrogens with zero attached hydrogens (tertiary/aromatic N) is 1. The van der Waals surface area contributed by atoms with Crippen molar-refractivity contribution in [3.8, 4) is 11.1 Å². The molecule has 1 aliphatic heterocycles. The highest BCUT2D eigenvalue weighted by molar-refractivity contribution is 7.80.